The van der Waals surface area contributed by atoms with Crippen molar-refractivity contribution in [3.8, 4) is 0 Å². The summed E-state index contributed by atoms with van der Waals surface area (Å²) in [6.45, 7) is 22.8. The Morgan fingerprint density at radius 2 is 0.979 bits per heavy atom. The minimum Gasteiger partial charge on any atom is -0.358 e. The summed E-state index contributed by atoms with van der Waals surface area (Å²) < 4.78 is 0. The van der Waals surface area contributed by atoms with Crippen LogP contribution in [0.25, 0.3) is 0 Å². The summed E-state index contributed by atoms with van der Waals surface area (Å²) in [6, 6.07) is 0. The van der Waals surface area contributed by atoms with E-state index in [0.717, 1.165) is 46.8 Å². The summed E-state index contributed by atoms with van der Waals surface area (Å²) in [5, 5.41) is 0. The number of allylic oxidation sites excluding steroid dienone is 8. The fourth-order valence-corrected chi connectivity index (χ4v) is 14.4. The van der Waals surface area contributed by atoms with Gasteiger partial charge in [-0.05, 0) is 161 Å². The molecule has 8 unspecified atom stereocenters. The van der Waals surface area contributed by atoms with Gasteiger partial charge in [0, 0.05) is 0 Å². The summed E-state index contributed by atoms with van der Waals surface area (Å²) in [5.41, 5.74) is 5.22. The van der Waals surface area contributed by atoms with E-state index >= 15 is 0 Å². The van der Waals surface area contributed by atoms with E-state index in [4.69, 9.17) is 0 Å². The molecule has 7 fully saturated rings. The Bertz CT molecular complexity index is 1170. The molecule has 9 rings (SSSR count). The van der Waals surface area contributed by atoms with Crippen molar-refractivity contribution in [2.24, 2.45) is 92.2 Å². The van der Waals surface area contributed by atoms with Crippen LogP contribution in [0.1, 0.15) is 120 Å². The van der Waals surface area contributed by atoms with Gasteiger partial charge in [-0.1, -0.05) is 98.8 Å². The van der Waals surface area contributed by atoms with Crippen LogP contribution in [-0.2, 0) is 26.2 Å². The maximum absolute atomic E-state index is 2.84. The van der Waals surface area contributed by atoms with Crippen molar-refractivity contribution < 1.29 is 26.2 Å². The Balaban J connectivity index is 0.00000120. The van der Waals surface area contributed by atoms with Crippen LogP contribution < -0.4 is 0 Å². The van der Waals surface area contributed by atoms with E-state index in [1.807, 2.05) is 0 Å². The second kappa shape index (κ2) is 13.1. The Labute approximate surface area is 314 Å². The Hall–Kier alpha value is -0.157. The normalized spacial score (nSPS) is 46.3. The molecule has 0 nitrogen and oxygen atoms in total. The van der Waals surface area contributed by atoms with Crippen LogP contribution in [0.15, 0.2) is 47.6 Å². The first kappa shape index (κ1) is 41.3. The van der Waals surface area contributed by atoms with Crippen molar-refractivity contribution in [2.45, 2.75) is 120 Å². The smallest absolute Gasteiger partial charge is 0.358 e. The number of hydrogen-bond donors (Lipinski definition) is 0. The molecule has 0 radical (unpaired) electrons. The van der Waals surface area contributed by atoms with Gasteiger partial charge >= 0.3 is 26.2 Å². The SMILES string of the molecule is CC(C)(C)C1=CC2C(C=C1)C1C=CC(C(C)(C)C)=CC1C2C1(C)CC(C)(C)C2CC(C34CC5CC(CC(C5)C3)C4)CC21.[CH3-].[CH3-].[CH3-].[CH3-].[Zr+4]. The predicted octanol–water partition coefficient (Wildman–Crippen LogP) is 13.3. The van der Waals surface area contributed by atoms with E-state index in [1.165, 1.54) is 6.42 Å². The zero-order valence-corrected chi connectivity index (χ0v) is 35.6. The van der Waals surface area contributed by atoms with Crippen molar-refractivity contribution >= 4 is 0 Å². The third kappa shape index (κ3) is 6.24. The second-order valence-corrected chi connectivity index (χ2v) is 20.6. The molecule has 0 aromatic carbocycles. The van der Waals surface area contributed by atoms with Gasteiger partial charge in [-0.3, -0.25) is 0 Å². The molecule has 0 heterocycles. The zero-order chi connectivity index (χ0) is 29.6. The molecule has 9 aliphatic rings. The molecule has 262 valence electrons. The number of hydrogen-bond acceptors (Lipinski definition) is 0. The van der Waals surface area contributed by atoms with Gasteiger partial charge in [0.15, 0.2) is 0 Å². The van der Waals surface area contributed by atoms with Crippen LogP contribution in [0.2, 0.25) is 0 Å². The average molecular weight is 718 g/mol. The standard InChI is InChI=1S/C42H62.4CH3.Zr/c1-38(2,3)28-10-12-31-32-13-11-29(39(4,5)6)18-34(32)37(33(31)17-28)41(9)24-40(7,8)35-19-30(20-36(35)41)42-21-25-14-26(22-42)16-27(15-25)23-42;;;;;/h10-13,17-18,25-27,30-37H,14-16,19-24H2,1-9H3;4*1H3;/q;4*-1;+4. The van der Waals surface area contributed by atoms with Gasteiger partial charge in [-0.25, -0.2) is 0 Å². The molecule has 9 aliphatic carbocycles. The summed E-state index contributed by atoms with van der Waals surface area (Å²) >= 11 is 0. The molecule has 8 atom stereocenters. The molecule has 0 spiro atoms. The molecule has 4 bridgehead atoms. The van der Waals surface area contributed by atoms with Crippen molar-refractivity contribution in [2.75, 3.05) is 0 Å². The van der Waals surface area contributed by atoms with Gasteiger partial charge in [0.1, 0.15) is 0 Å². The number of rotatable bonds is 2. The molecule has 0 aliphatic heterocycles. The van der Waals surface area contributed by atoms with Gasteiger partial charge < -0.3 is 29.7 Å². The van der Waals surface area contributed by atoms with Crippen LogP contribution in [0, 0.1) is 122 Å². The fourth-order valence-electron chi connectivity index (χ4n) is 14.4. The minimum absolute atomic E-state index is 0. The topological polar surface area (TPSA) is 0 Å². The quantitative estimate of drug-likeness (QED) is 0.250. The van der Waals surface area contributed by atoms with E-state index in [2.05, 4.69) is 98.8 Å². The Morgan fingerprint density at radius 3 is 1.38 bits per heavy atom. The van der Waals surface area contributed by atoms with Crippen LogP contribution >= 0.6 is 0 Å². The molecule has 7 saturated carbocycles. The van der Waals surface area contributed by atoms with Crippen molar-refractivity contribution in [3.05, 3.63) is 77.3 Å². The van der Waals surface area contributed by atoms with Gasteiger partial charge in [0.2, 0.25) is 0 Å². The van der Waals surface area contributed by atoms with Gasteiger partial charge in [0.25, 0.3) is 0 Å². The zero-order valence-electron chi connectivity index (χ0n) is 33.2. The minimum atomic E-state index is 0. The Kier molecular flexibility index (Phi) is 11.5. The summed E-state index contributed by atoms with van der Waals surface area (Å²) in [4.78, 5) is 0. The molecule has 0 saturated heterocycles. The molecule has 0 aromatic rings. The molecule has 0 N–H and O–H groups in total. The van der Waals surface area contributed by atoms with E-state index in [-0.39, 0.29) is 66.7 Å². The first-order valence-corrected chi connectivity index (χ1v) is 18.4. The van der Waals surface area contributed by atoms with Crippen molar-refractivity contribution in [1.29, 1.82) is 0 Å². The Morgan fingerprint density at radius 1 is 0.574 bits per heavy atom. The van der Waals surface area contributed by atoms with Crippen LogP contribution in [0.3, 0.4) is 0 Å². The largest absolute Gasteiger partial charge is 4.00 e. The third-order valence-corrected chi connectivity index (χ3v) is 15.6. The van der Waals surface area contributed by atoms with E-state index in [9.17, 15) is 0 Å². The monoisotopic (exact) mass is 716 g/mol. The van der Waals surface area contributed by atoms with Crippen molar-refractivity contribution in [3.63, 3.8) is 0 Å². The summed E-state index contributed by atoms with van der Waals surface area (Å²) in [6.07, 6.45) is 30.2. The van der Waals surface area contributed by atoms with Gasteiger partial charge in [0.05, 0.1) is 0 Å². The van der Waals surface area contributed by atoms with E-state index < -0.39 is 0 Å². The van der Waals surface area contributed by atoms with Gasteiger partial charge in [-0.2, -0.15) is 0 Å². The maximum Gasteiger partial charge on any atom is 4.00 e. The van der Waals surface area contributed by atoms with Crippen LogP contribution in [0.5, 0.6) is 0 Å². The molecule has 1 heteroatoms. The fraction of sp³-hybridized carbons (Fsp3) is 0.739. The molecular formula is C46H74Zr. The second-order valence-electron chi connectivity index (χ2n) is 20.6. The third-order valence-electron chi connectivity index (χ3n) is 15.6. The van der Waals surface area contributed by atoms with Gasteiger partial charge in [-0.15, -0.1) is 0 Å². The predicted molar refractivity (Wildman–Crippen MR) is 203 cm³/mol. The summed E-state index contributed by atoms with van der Waals surface area (Å²) in [5.74, 6) is 9.52. The summed E-state index contributed by atoms with van der Waals surface area (Å²) in [7, 11) is 0. The first-order valence-electron chi connectivity index (χ1n) is 18.4. The molecule has 0 aromatic heterocycles. The van der Waals surface area contributed by atoms with E-state index in [0.29, 0.717) is 34.5 Å². The van der Waals surface area contributed by atoms with Crippen molar-refractivity contribution in [1.82, 2.24) is 0 Å². The van der Waals surface area contributed by atoms with Crippen LogP contribution in [-0.4, -0.2) is 0 Å². The average Bonchev–Trinajstić information content (AvgIpc) is 3.52. The molecular weight excluding hydrogens is 644 g/mol. The maximum atomic E-state index is 2.84. The first-order chi connectivity index (χ1) is 19.6. The number of fused-ring (bicyclic) bond motifs is 4. The molecule has 47 heavy (non-hydrogen) atoms. The van der Waals surface area contributed by atoms with E-state index in [1.54, 1.807) is 62.5 Å². The molecule has 0 amide bonds. The van der Waals surface area contributed by atoms with Crippen LogP contribution in [0.4, 0.5) is 0 Å².